The Labute approximate surface area is 56.4 Å². The van der Waals surface area contributed by atoms with Crippen molar-refractivity contribution in [2.75, 3.05) is 39.9 Å². The van der Waals surface area contributed by atoms with Crippen LogP contribution in [0.5, 0.6) is 0 Å². The molecule has 9 heavy (non-hydrogen) atoms. The van der Waals surface area contributed by atoms with Gasteiger partial charge in [-0.15, -0.1) is 0 Å². The van der Waals surface area contributed by atoms with Crippen LogP contribution in [0.2, 0.25) is 0 Å². The van der Waals surface area contributed by atoms with Gasteiger partial charge in [-0.3, -0.25) is 4.90 Å². The molecule has 1 N–H and O–H groups in total. The molecule has 0 bridgehead atoms. The number of nitrogens with one attached hydrogen (secondary N) is 1. The quantitative estimate of drug-likeness (QED) is 0.475. The first kappa shape index (κ1) is 6.99. The van der Waals surface area contributed by atoms with Gasteiger partial charge in [0, 0.05) is 26.2 Å². The molecular formula is C6H14N3. The summed E-state index contributed by atoms with van der Waals surface area (Å²) in [5.74, 6) is 0. The molecule has 0 saturated carbocycles. The van der Waals surface area contributed by atoms with Crippen LogP contribution in [0.1, 0.15) is 0 Å². The number of nitrogens with zero attached hydrogens (tertiary/aromatic N) is 2. The minimum absolute atomic E-state index is 0.466. The van der Waals surface area contributed by atoms with Gasteiger partial charge in [-0.05, 0) is 7.05 Å². The van der Waals surface area contributed by atoms with Gasteiger partial charge in [0.05, 0.1) is 6.67 Å². The Bertz CT molecular complexity index is 76.4. The molecule has 1 aliphatic heterocycles. The summed E-state index contributed by atoms with van der Waals surface area (Å²) in [6, 6.07) is 0. The summed E-state index contributed by atoms with van der Waals surface area (Å²) < 4.78 is 0. The molecule has 3 heteroatoms. The van der Waals surface area contributed by atoms with Gasteiger partial charge >= 0.3 is 0 Å². The zero-order valence-electron chi connectivity index (χ0n) is 5.93. The fourth-order valence-corrected chi connectivity index (χ4v) is 1.01. The third kappa shape index (κ3) is 1.93. The normalized spacial score (nSPS) is 24.7. The van der Waals surface area contributed by atoms with Gasteiger partial charge in [0.2, 0.25) is 0 Å². The third-order valence-corrected chi connectivity index (χ3v) is 1.82. The highest BCUT2D eigenvalue weighted by Gasteiger charge is 2.10. The van der Waals surface area contributed by atoms with Gasteiger partial charge in [-0.25, -0.2) is 5.73 Å². The second-order valence-electron chi connectivity index (χ2n) is 2.58. The summed E-state index contributed by atoms with van der Waals surface area (Å²) in [7, 11) is 2.13. The maximum atomic E-state index is 7.07. The summed E-state index contributed by atoms with van der Waals surface area (Å²) in [6.07, 6.45) is 0. The average molecular weight is 128 g/mol. The van der Waals surface area contributed by atoms with Gasteiger partial charge in [0.25, 0.3) is 0 Å². The highest BCUT2D eigenvalue weighted by molar-refractivity contribution is 4.66. The Balaban J connectivity index is 2.18. The SMILES string of the molecule is CN1CCN(C[NH])CC1. The summed E-state index contributed by atoms with van der Waals surface area (Å²) in [5.41, 5.74) is 7.07. The lowest BCUT2D eigenvalue weighted by atomic mass is 10.3. The molecule has 0 aromatic rings. The van der Waals surface area contributed by atoms with Crippen LogP contribution < -0.4 is 5.73 Å². The van der Waals surface area contributed by atoms with Crippen LogP contribution in [0.4, 0.5) is 0 Å². The van der Waals surface area contributed by atoms with Crippen molar-refractivity contribution in [3.05, 3.63) is 0 Å². The van der Waals surface area contributed by atoms with Crippen molar-refractivity contribution in [1.82, 2.24) is 15.5 Å². The van der Waals surface area contributed by atoms with Crippen molar-refractivity contribution < 1.29 is 0 Å². The Morgan fingerprint density at radius 2 is 1.78 bits per heavy atom. The lowest BCUT2D eigenvalue weighted by Crippen LogP contribution is -2.44. The monoisotopic (exact) mass is 128 g/mol. The van der Waals surface area contributed by atoms with Crippen LogP contribution in [0.25, 0.3) is 0 Å². The molecule has 0 aliphatic carbocycles. The third-order valence-electron chi connectivity index (χ3n) is 1.82. The fraction of sp³-hybridized carbons (Fsp3) is 1.00. The van der Waals surface area contributed by atoms with Crippen LogP contribution in [0.15, 0.2) is 0 Å². The Kier molecular flexibility index (Phi) is 2.45. The van der Waals surface area contributed by atoms with E-state index in [0.29, 0.717) is 6.67 Å². The van der Waals surface area contributed by atoms with E-state index in [1.165, 1.54) is 0 Å². The van der Waals surface area contributed by atoms with Gasteiger partial charge in [0.1, 0.15) is 0 Å². The summed E-state index contributed by atoms with van der Waals surface area (Å²) >= 11 is 0. The van der Waals surface area contributed by atoms with Crippen molar-refractivity contribution in [3.63, 3.8) is 0 Å². The van der Waals surface area contributed by atoms with E-state index in [4.69, 9.17) is 5.73 Å². The van der Waals surface area contributed by atoms with Crippen LogP contribution in [-0.2, 0) is 0 Å². The molecule has 0 unspecified atom stereocenters. The number of piperazine rings is 1. The van der Waals surface area contributed by atoms with Crippen LogP contribution >= 0.6 is 0 Å². The van der Waals surface area contributed by atoms with E-state index in [9.17, 15) is 0 Å². The molecule has 0 spiro atoms. The van der Waals surface area contributed by atoms with Crippen molar-refractivity contribution in [2.24, 2.45) is 0 Å². The summed E-state index contributed by atoms with van der Waals surface area (Å²) in [4.78, 5) is 4.45. The molecule has 3 nitrogen and oxygen atoms in total. The molecule has 0 atom stereocenters. The van der Waals surface area contributed by atoms with Gasteiger partial charge in [0.15, 0.2) is 0 Å². The van der Waals surface area contributed by atoms with E-state index in [1.54, 1.807) is 0 Å². The largest absolute Gasteiger partial charge is 0.304 e. The van der Waals surface area contributed by atoms with E-state index >= 15 is 0 Å². The molecule has 53 valence electrons. The fourth-order valence-electron chi connectivity index (χ4n) is 1.01. The smallest absolute Gasteiger partial charge is 0.0616 e. The molecule has 1 fully saturated rings. The van der Waals surface area contributed by atoms with Crippen molar-refractivity contribution in [3.8, 4) is 0 Å². The Morgan fingerprint density at radius 1 is 1.22 bits per heavy atom. The van der Waals surface area contributed by atoms with Gasteiger partial charge in [-0.2, -0.15) is 0 Å². The molecule has 1 aliphatic rings. The number of likely N-dealkylation sites (N-methyl/N-ethyl adjacent to an activating group) is 1. The molecule has 1 rings (SSSR count). The summed E-state index contributed by atoms with van der Waals surface area (Å²) in [5, 5.41) is 0. The van der Waals surface area contributed by atoms with Gasteiger partial charge in [-0.1, -0.05) is 0 Å². The van der Waals surface area contributed by atoms with Crippen molar-refractivity contribution in [1.29, 1.82) is 0 Å². The highest BCUT2D eigenvalue weighted by atomic mass is 15.3. The predicted molar refractivity (Wildman–Crippen MR) is 37.0 cm³/mol. The maximum absolute atomic E-state index is 7.07. The first-order valence-corrected chi connectivity index (χ1v) is 3.38. The number of hydrogen-bond donors (Lipinski definition) is 0. The minimum Gasteiger partial charge on any atom is -0.304 e. The first-order valence-electron chi connectivity index (χ1n) is 3.38. The van der Waals surface area contributed by atoms with E-state index in [1.807, 2.05) is 0 Å². The number of hydrogen-bond acceptors (Lipinski definition) is 2. The predicted octanol–water partition coefficient (Wildman–Crippen LogP) is -0.526. The van der Waals surface area contributed by atoms with E-state index in [2.05, 4.69) is 16.8 Å². The minimum atomic E-state index is 0.466. The van der Waals surface area contributed by atoms with E-state index in [-0.39, 0.29) is 0 Å². The number of rotatable bonds is 1. The lowest BCUT2D eigenvalue weighted by molar-refractivity contribution is 0.155. The second-order valence-corrected chi connectivity index (χ2v) is 2.58. The van der Waals surface area contributed by atoms with Crippen molar-refractivity contribution >= 4 is 0 Å². The average Bonchev–Trinajstić information content (AvgIpc) is 1.90. The maximum Gasteiger partial charge on any atom is 0.0616 e. The molecule has 0 aromatic heterocycles. The molecular weight excluding hydrogens is 114 g/mol. The second kappa shape index (κ2) is 3.15. The van der Waals surface area contributed by atoms with Crippen LogP contribution in [0.3, 0.4) is 0 Å². The molecule has 1 saturated heterocycles. The van der Waals surface area contributed by atoms with Crippen LogP contribution in [-0.4, -0.2) is 49.7 Å². The van der Waals surface area contributed by atoms with Crippen LogP contribution in [0, 0.1) is 0 Å². The molecule has 1 radical (unpaired) electrons. The molecule has 1 heterocycles. The Hall–Kier alpha value is -0.120. The summed E-state index contributed by atoms with van der Waals surface area (Å²) in [6.45, 7) is 4.85. The molecule has 0 amide bonds. The lowest BCUT2D eigenvalue weighted by Gasteiger charge is -2.30. The Morgan fingerprint density at radius 3 is 2.22 bits per heavy atom. The topological polar surface area (TPSA) is 30.3 Å². The van der Waals surface area contributed by atoms with Crippen molar-refractivity contribution in [2.45, 2.75) is 0 Å². The van der Waals surface area contributed by atoms with E-state index < -0.39 is 0 Å². The van der Waals surface area contributed by atoms with Gasteiger partial charge < -0.3 is 4.90 Å². The standard InChI is InChI=1S/C6H14N3/c1-8-2-4-9(6-7)5-3-8/h7H,2-6H2,1H3. The highest BCUT2D eigenvalue weighted by Crippen LogP contribution is 1.95. The zero-order valence-corrected chi connectivity index (χ0v) is 5.93. The zero-order chi connectivity index (χ0) is 6.69. The van der Waals surface area contributed by atoms with E-state index in [0.717, 1.165) is 26.2 Å². The first-order chi connectivity index (χ1) is 4.33. The molecule has 0 aromatic carbocycles.